The number of aromatic nitrogens is 1. The normalized spacial score (nSPS) is 10.6. The van der Waals surface area contributed by atoms with E-state index in [1.807, 2.05) is 11.4 Å². The van der Waals surface area contributed by atoms with Crippen LogP contribution in [-0.2, 0) is 6.61 Å². The first kappa shape index (κ1) is 16.8. The lowest BCUT2D eigenvalue weighted by atomic mass is 10.2. The summed E-state index contributed by atoms with van der Waals surface area (Å²) >= 11 is 13.4. The van der Waals surface area contributed by atoms with Gasteiger partial charge in [0.25, 0.3) is 0 Å². The molecule has 24 heavy (non-hydrogen) atoms. The van der Waals surface area contributed by atoms with Crippen LogP contribution in [0.5, 0.6) is 5.75 Å². The second-order valence-electron chi connectivity index (χ2n) is 4.88. The summed E-state index contributed by atoms with van der Waals surface area (Å²) in [6.45, 7) is 0.259. The predicted octanol–water partition coefficient (Wildman–Crippen LogP) is 5.39. The van der Waals surface area contributed by atoms with E-state index in [1.165, 1.54) is 23.5 Å². The molecule has 0 atom stereocenters. The maximum absolute atomic E-state index is 11.0. The van der Waals surface area contributed by atoms with E-state index in [0.717, 1.165) is 16.3 Å². The number of aromatic carboxylic acids is 1. The highest BCUT2D eigenvalue weighted by molar-refractivity contribution is 7.09. The Morgan fingerprint density at radius 1 is 1.17 bits per heavy atom. The van der Waals surface area contributed by atoms with Crippen molar-refractivity contribution in [2.75, 3.05) is 0 Å². The van der Waals surface area contributed by atoms with Crippen LogP contribution in [0.1, 0.15) is 15.4 Å². The molecule has 0 fully saturated rings. The summed E-state index contributed by atoms with van der Waals surface area (Å²) in [7, 11) is 0. The topological polar surface area (TPSA) is 59.4 Å². The average molecular weight is 380 g/mol. The van der Waals surface area contributed by atoms with E-state index in [-0.39, 0.29) is 12.2 Å². The summed E-state index contributed by atoms with van der Waals surface area (Å²) in [6.07, 6.45) is 0. The first-order chi connectivity index (χ1) is 11.5. The number of rotatable bonds is 5. The van der Waals surface area contributed by atoms with Gasteiger partial charge in [0.05, 0.1) is 21.3 Å². The average Bonchev–Trinajstić information content (AvgIpc) is 3.05. The Morgan fingerprint density at radius 3 is 2.75 bits per heavy atom. The van der Waals surface area contributed by atoms with Gasteiger partial charge in [0.2, 0.25) is 0 Å². The minimum Gasteiger partial charge on any atom is -0.486 e. The van der Waals surface area contributed by atoms with Gasteiger partial charge >= 0.3 is 5.97 Å². The smallest absolute Gasteiger partial charge is 0.335 e. The van der Waals surface area contributed by atoms with Crippen LogP contribution >= 0.6 is 34.5 Å². The van der Waals surface area contributed by atoms with Crippen LogP contribution in [0.2, 0.25) is 10.0 Å². The molecule has 1 aromatic heterocycles. The Kier molecular flexibility index (Phi) is 5.04. The Morgan fingerprint density at radius 2 is 2.00 bits per heavy atom. The Hall–Kier alpha value is -2.08. The van der Waals surface area contributed by atoms with E-state index in [2.05, 4.69) is 4.98 Å². The molecule has 0 unspecified atom stereocenters. The molecule has 0 bridgehead atoms. The van der Waals surface area contributed by atoms with Gasteiger partial charge in [0, 0.05) is 10.9 Å². The molecule has 0 radical (unpaired) electrons. The fourth-order valence-electron chi connectivity index (χ4n) is 2.03. The summed E-state index contributed by atoms with van der Waals surface area (Å²) in [4.78, 5) is 15.5. The lowest BCUT2D eigenvalue weighted by Gasteiger charge is -2.04. The lowest BCUT2D eigenvalue weighted by Crippen LogP contribution is -1.99. The first-order valence-electron chi connectivity index (χ1n) is 6.89. The zero-order chi connectivity index (χ0) is 17.1. The van der Waals surface area contributed by atoms with Gasteiger partial charge in [-0.05, 0) is 30.3 Å². The van der Waals surface area contributed by atoms with E-state index < -0.39 is 5.97 Å². The molecule has 1 heterocycles. The molecular weight excluding hydrogens is 369 g/mol. The quantitative estimate of drug-likeness (QED) is 0.644. The molecular formula is C17H11Cl2NO3S. The molecule has 0 aliphatic rings. The van der Waals surface area contributed by atoms with Crippen molar-refractivity contribution < 1.29 is 14.6 Å². The molecule has 3 aromatic rings. The Bertz CT molecular complexity index is 895. The summed E-state index contributed by atoms with van der Waals surface area (Å²) in [5, 5.41) is 12.6. The van der Waals surface area contributed by atoms with Gasteiger partial charge in [-0.2, -0.15) is 0 Å². The number of carbonyl (C=O) groups is 1. The number of ether oxygens (including phenoxy) is 1. The Labute approximate surface area is 152 Å². The molecule has 1 N–H and O–H groups in total. The summed E-state index contributed by atoms with van der Waals surface area (Å²) < 4.78 is 5.61. The number of thiazole rings is 1. The van der Waals surface area contributed by atoms with Crippen molar-refractivity contribution in [3.05, 3.63) is 68.5 Å². The minimum atomic E-state index is -0.989. The van der Waals surface area contributed by atoms with E-state index in [1.54, 1.807) is 24.3 Å². The third kappa shape index (κ3) is 3.87. The number of carboxylic acid groups (broad SMARTS) is 1. The van der Waals surface area contributed by atoms with Gasteiger partial charge in [-0.3, -0.25) is 0 Å². The van der Waals surface area contributed by atoms with Gasteiger partial charge in [-0.25, -0.2) is 9.78 Å². The maximum Gasteiger partial charge on any atom is 0.335 e. The summed E-state index contributed by atoms with van der Waals surface area (Å²) in [5.74, 6) is -0.502. The van der Waals surface area contributed by atoms with Gasteiger partial charge in [0.1, 0.15) is 17.4 Å². The fraction of sp³-hybridized carbons (Fsp3) is 0.0588. The highest BCUT2D eigenvalue weighted by Gasteiger charge is 2.08. The molecule has 0 aliphatic heterocycles. The number of nitrogens with zero attached hydrogens (tertiary/aromatic N) is 1. The molecule has 3 rings (SSSR count). The molecule has 0 aliphatic carbocycles. The fourth-order valence-corrected chi connectivity index (χ4v) is 3.04. The van der Waals surface area contributed by atoms with E-state index in [9.17, 15) is 4.79 Å². The van der Waals surface area contributed by atoms with Gasteiger partial charge in [-0.15, -0.1) is 11.3 Å². The Balaban J connectivity index is 1.71. The molecule has 7 heteroatoms. The van der Waals surface area contributed by atoms with Crippen molar-refractivity contribution in [2.45, 2.75) is 6.61 Å². The number of hydrogen-bond donors (Lipinski definition) is 1. The highest BCUT2D eigenvalue weighted by Crippen LogP contribution is 2.29. The largest absolute Gasteiger partial charge is 0.486 e. The van der Waals surface area contributed by atoms with Crippen LogP contribution in [0, 0.1) is 0 Å². The third-order valence-corrected chi connectivity index (χ3v) is 4.77. The number of halogens is 2. The van der Waals surface area contributed by atoms with Crippen LogP contribution in [0.15, 0.2) is 47.8 Å². The number of carboxylic acids is 1. The van der Waals surface area contributed by atoms with Crippen LogP contribution in [0.4, 0.5) is 0 Å². The monoisotopic (exact) mass is 379 g/mol. The van der Waals surface area contributed by atoms with Crippen molar-refractivity contribution in [1.29, 1.82) is 0 Å². The molecule has 0 saturated carbocycles. The SMILES string of the molecule is O=C(O)c1cccc(OCc2nc(-c3ccc(Cl)c(Cl)c3)cs2)c1. The van der Waals surface area contributed by atoms with E-state index in [4.69, 9.17) is 33.0 Å². The maximum atomic E-state index is 11.0. The number of hydrogen-bond acceptors (Lipinski definition) is 4. The van der Waals surface area contributed by atoms with Crippen molar-refractivity contribution in [3.8, 4) is 17.0 Å². The predicted molar refractivity (Wildman–Crippen MR) is 95.3 cm³/mol. The minimum absolute atomic E-state index is 0.183. The van der Waals surface area contributed by atoms with Crippen molar-refractivity contribution in [2.24, 2.45) is 0 Å². The van der Waals surface area contributed by atoms with Crippen LogP contribution in [-0.4, -0.2) is 16.1 Å². The zero-order valence-electron chi connectivity index (χ0n) is 12.2. The molecule has 122 valence electrons. The van der Waals surface area contributed by atoms with Crippen molar-refractivity contribution >= 4 is 40.5 Å². The second kappa shape index (κ2) is 7.21. The molecule has 0 saturated heterocycles. The second-order valence-corrected chi connectivity index (χ2v) is 6.63. The first-order valence-corrected chi connectivity index (χ1v) is 8.52. The van der Waals surface area contributed by atoms with Gasteiger partial charge in [-0.1, -0.05) is 35.3 Å². The van der Waals surface area contributed by atoms with Crippen LogP contribution < -0.4 is 4.74 Å². The van der Waals surface area contributed by atoms with Crippen LogP contribution in [0.25, 0.3) is 11.3 Å². The molecule has 0 spiro atoms. The highest BCUT2D eigenvalue weighted by atomic mass is 35.5. The zero-order valence-corrected chi connectivity index (χ0v) is 14.5. The molecule has 2 aromatic carbocycles. The standard InChI is InChI=1S/C17H11Cl2NO3S/c18-13-5-4-10(7-14(13)19)15-9-24-16(20-15)8-23-12-3-1-2-11(6-12)17(21)22/h1-7,9H,8H2,(H,21,22). The van der Waals surface area contributed by atoms with Crippen molar-refractivity contribution in [1.82, 2.24) is 4.98 Å². The van der Waals surface area contributed by atoms with Crippen molar-refractivity contribution in [3.63, 3.8) is 0 Å². The summed E-state index contributed by atoms with van der Waals surface area (Å²) in [6, 6.07) is 11.7. The summed E-state index contributed by atoms with van der Waals surface area (Å²) in [5.41, 5.74) is 1.85. The van der Waals surface area contributed by atoms with E-state index >= 15 is 0 Å². The van der Waals surface area contributed by atoms with E-state index in [0.29, 0.717) is 15.8 Å². The van der Waals surface area contributed by atoms with Crippen LogP contribution in [0.3, 0.4) is 0 Å². The van der Waals surface area contributed by atoms with Gasteiger partial charge in [0.15, 0.2) is 0 Å². The third-order valence-electron chi connectivity index (χ3n) is 3.21. The lowest BCUT2D eigenvalue weighted by molar-refractivity contribution is 0.0696. The molecule has 4 nitrogen and oxygen atoms in total. The van der Waals surface area contributed by atoms with Gasteiger partial charge < -0.3 is 9.84 Å². The number of benzene rings is 2. The molecule has 0 amide bonds.